The average molecular weight is 311 g/mol. The Morgan fingerprint density at radius 3 is 2.90 bits per heavy atom. The Kier molecular flexibility index (Phi) is 5.41. The Labute approximate surface area is 128 Å². The van der Waals surface area contributed by atoms with Gasteiger partial charge in [-0.05, 0) is 32.0 Å². The molecule has 2 rings (SSSR count). The van der Waals surface area contributed by atoms with Crippen LogP contribution in [0.15, 0.2) is 22.6 Å². The number of benzene rings is 1. The summed E-state index contributed by atoms with van der Waals surface area (Å²) in [5, 5.41) is 14.8. The van der Waals surface area contributed by atoms with Crippen molar-refractivity contribution < 1.29 is 9.15 Å². The first kappa shape index (κ1) is 15.6. The van der Waals surface area contributed by atoms with Crippen molar-refractivity contribution in [2.75, 3.05) is 19.0 Å². The van der Waals surface area contributed by atoms with Gasteiger partial charge in [-0.1, -0.05) is 23.6 Å². The second-order valence-corrected chi connectivity index (χ2v) is 5.00. The van der Waals surface area contributed by atoms with E-state index < -0.39 is 0 Å². The van der Waals surface area contributed by atoms with Crippen molar-refractivity contribution in [1.29, 1.82) is 0 Å². The largest absolute Gasteiger partial charge is 0.497 e. The molecule has 0 spiro atoms. The third kappa shape index (κ3) is 4.09. The predicted octanol–water partition coefficient (Wildman–Crippen LogP) is 3.54. The highest BCUT2D eigenvalue weighted by atomic mass is 35.5. The molecule has 2 aromatic rings. The van der Waals surface area contributed by atoms with Crippen molar-refractivity contribution >= 4 is 23.3 Å². The molecule has 7 heteroatoms. The molecule has 0 fully saturated rings. The van der Waals surface area contributed by atoms with Gasteiger partial charge in [0.25, 0.3) is 0 Å². The lowest BCUT2D eigenvalue weighted by Gasteiger charge is -2.08. The number of halogens is 1. The third-order valence-corrected chi connectivity index (χ3v) is 3.26. The Bertz CT molecular complexity index is 588. The molecule has 0 aliphatic heterocycles. The summed E-state index contributed by atoms with van der Waals surface area (Å²) in [7, 11) is 1.60. The summed E-state index contributed by atoms with van der Waals surface area (Å²) in [5.74, 6) is 1.23. The lowest BCUT2D eigenvalue weighted by Crippen LogP contribution is -2.19. The molecule has 1 atom stereocenters. The van der Waals surface area contributed by atoms with Crippen LogP contribution in [-0.2, 0) is 0 Å². The molecular weight excluding hydrogens is 292 g/mol. The summed E-state index contributed by atoms with van der Waals surface area (Å²) in [6, 6.07) is 5.60. The van der Waals surface area contributed by atoms with Gasteiger partial charge in [-0.15, -0.1) is 5.10 Å². The Balaban J connectivity index is 2.08. The number of anilines is 2. The Morgan fingerprint density at radius 1 is 1.38 bits per heavy atom. The molecule has 2 N–H and O–H groups in total. The first-order valence-corrected chi connectivity index (χ1v) is 7.19. The molecule has 0 aliphatic carbocycles. The van der Waals surface area contributed by atoms with Gasteiger partial charge in [0.05, 0.1) is 23.9 Å². The van der Waals surface area contributed by atoms with Crippen LogP contribution in [0.3, 0.4) is 0 Å². The van der Waals surface area contributed by atoms with Gasteiger partial charge in [-0.2, -0.15) is 0 Å². The van der Waals surface area contributed by atoms with E-state index in [1.165, 1.54) is 0 Å². The summed E-state index contributed by atoms with van der Waals surface area (Å²) in [6.45, 7) is 4.98. The minimum Gasteiger partial charge on any atom is -0.497 e. The van der Waals surface area contributed by atoms with Crippen molar-refractivity contribution in [3.63, 3.8) is 0 Å². The molecule has 0 aliphatic rings. The number of methoxy groups -OCH3 is 1. The van der Waals surface area contributed by atoms with Crippen molar-refractivity contribution in [3.05, 3.63) is 29.1 Å². The number of hydrogen-bond donors (Lipinski definition) is 2. The van der Waals surface area contributed by atoms with Crippen LogP contribution in [0.2, 0.25) is 5.02 Å². The van der Waals surface area contributed by atoms with Crippen LogP contribution >= 0.6 is 11.6 Å². The molecule has 0 radical (unpaired) electrons. The van der Waals surface area contributed by atoms with Crippen LogP contribution in [0.5, 0.6) is 5.75 Å². The van der Waals surface area contributed by atoms with Crippen LogP contribution in [0, 0.1) is 0 Å². The second-order valence-electron chi connectivity index (χ2n) is 4.59. The molecule has 1 unspecified atom stereocenters. The topological polar surface area (TPSA) is 72.2 Å². The van der Waals surface area contributed by atoms with Crippen molar-refractivity contribution in [2.24, 2.45) is 0 Å². The van der Waals surface area contributed by atoms with Gasteiger partial charge in [0.1, 0.15) is 5.75 Å². The van der Waals surface area contributed by atoms with Gasteiger partial charge in [0.15, 0.2) is 0 Å². The molecule has 0 bridgehead atoms. The SMILES string of the molecule is CCCNC(C)c1nnc(Nc2cc(OC)ccc2Cl)o1. The van der Waals surface area contributed by atoms with E-state index in [-0.39, 0.29) is 6.04 Å². The van der Waals surface area contributed by atoms with Gasteiger partial charge in [-0.25, -0.2) is 0 Å². The van der Waals surface area contributed by atoms with Crippen molar-refractivity contribution in [2.45, 2.75) is 26.3 Å². The van der Waals surface area contributed by atoms with E-state index in [9.17, 15) is 0 Å². The zero-order valence-electron chi connectivity index (χ0n) is 12.3. The Hall–Kier alpha value is -1.79. The molecule has 0 saturated heterocycles. The van der Waals surface area contributed by atoms with Gasteiger partial charge < -0.3 is 19.8 Å². The highest BCUT2D eigenvalue weighted by Gasteiger charge is 2.14. The van der Waals surface area contributed by atoms with Crippen LogP contribution in [0.25, 0.3) is 0 Å². The summed E-state index contributed by atoms with van der Waals surface area (Å²) in [4.78, 5) is 0. The molecular formula is C14H19ClN4O2. The van der Waals surface area contributed by atoms with Gasteiger partial charge in [-0.3, -0.25) is 0 Å². The van der Waals surface area contributed by atoms with Crippen LogP contribution in [0.4, 0.5) is 11.7 Å². The second kappa shape index (κ2) is 7.28. The average Bonchev–Trinajstić information content (AvgIpc) is 2.95. The molecule has 0 amide bonds. The maximum atomic E-state index is 6.12. The van der Waals surface area contributed by atoms with Gasteiger partial charge in [0, 0.05) is 6.07 Å². The number of aromatic nitrogens is 2. The fourth-order valence-electron chi connectivity index (χ4n) is 1.75. The first-order chi connectivity index (χ1) is 10.1. The summed E-state index contributed by atoms with van der Waals surface area (Å²) < 4.78 is 10.7. The molecule has 21 heavy (non-hydrogen) atoms. The van der Waals surface area contributed by atoms with Crippen LogP contribution < -0.4 is 15.4 Å². The van der Waals surface area contributed by atoms with E-state index in [1.54, 1.807) is 25.3 Å². The lowest BCUT2D eigenvalue weighted by molar-refractivity contribution is 0.415. The van der Waals surface area contributed by atoms with E-state index in [2.05, 4.69) is 27.8 Å². The molecule has 1 heterocycles. The third-order valence-electron chi connectivity index (χ3n) is 2.93. The maximum absolute atomic E-state index is 6.12. The van der Waals surface area contributed by atoms with Gasteiger partial charge >= 0.3 is 6.01 Å². The first-order valence-electron chi connectivity index (χ1n) is 6.81. The lowest BCUT2D eigenvalue weighted by atomic mass is 10.3. The minimum atomic E-state index is 0.00813. The zero-order chi connectivity index (χ0) is 15.2. The van der Waals surface area contributed by atoms with Crippen molar-refractivity contribution in [3.8, 4) is 5.75 Å². The Morgan fingerprint density at radius 2 is 2.19 bits per heavy atom. The van der Waals surface area contributed by atoms with E-state index in [0.717, 1.165) is 13.0 Å². The van der Waals surface area contributed by atoms with E-state index >= 15 is 0 Å². The summed E-state index contributed by atoms with van der Waals surface area (Å²) >= 11 is 6.12. The quantitative estimate of drug-likeness (QED) is 0.815. The van der Waals surface area contributed by atoms with Crippen molar-refractivity contribution in [1.82, 2.24) is 15.5 Å². The monoisotopic (exact) mass is 310 g/mol. The highest BCUT2D eigenvalue weighted by Crippen LogP contribution is 2.29. The minimum absolute atomic E-state index is 0.00813. The highest BCUT2D eigenvalue weighted by molar-refractivity contribution is 6.33. The van der Waals surface area contributed by atoms with E-state index in [0.29, 0.717) is 28.4 Å². The summed E-state index contributed by atoms with van der Waals surface area (Å²) in [5.41, 5.74) is 0.653. The van der Waals surface area contributed by atoms with Crippen LogP contribution in [0.1, 0.15) is 32.2 Å². The predicted molar refractivity (Wildman–Crippen MR) is 82.3 cm³/mol. The summed E-state index contributed by atoms with van der Waals surface area (Å²) in [6.07, 6.45) is 1.04. The standard InChI is InChI=1S/C14H19ClN4O2/c1-4-7-16-9(2)13-18-19-14(21-13)17-12-8-10(20-3)5-6-11(12)15/h5-6,8-9,16H,4,7H2,1-3H3,(H,17,19). The van der Waals surface area contributed by atoms with E-state index in [1.807, 2.05) is 6.92 Å². The smallest absolute Gasteiger partial charge is 0.320 e. The zero-order valence-corrected chi connectivity index (χ0v) is 13.1. The van der Waals surface area contributed by atoms with Gasteiger partial charge in [0.2, 0.25) is 5.89 Å². The normalized spacial score (nSPS) is 12.2. The fourth-order valence-corrected chi connectivity index (χ4v) is 1.92. The number of hydrogen-bond acceptors (Lipinski definition) is 6. The number of nitrogens with zero attached hydrogens (tertiary/aromatic N) is 2. The molecule has 1 aromatic heterocycles. The molecule has 1 aromatic carbocycles. The fraction of sp³-hybridized carbons (Fsp3) is 0.429. The van der Waals surface area contributed by atoms with E-state index in [4.69, 9.17) is 20.8 Å². The maximum Gasteiger partial charge on any atom is 0.320 e. The molecule has 6 nitrogen and oxygen atoms in total. The number of ether oxygens (including phenoxy) is 1. The molecule has 114 valence electrons. The number of nitrogens with one attached hydrogen (secondary N) is 2. The number of rotatable bonds is 7. The molecule has 0 saturated carbocycles. The van der Waals surface area contributed by atoms with Crippen LogP contribution in [-0.4, -0.2) is 23.9 Å².